The highest BCUT2D eigenvalue weighted by Gasteiger charge is 2.25. The summed E-state index contributed by atoms with van der Waals surface area (Å²) in [7, 11) is 0. The van der Waals surface area contributed by atoms with E-state index in [1.165, 1.54) is 0 Å². The van der Waals surface area contributed by atoms with Crippen LogP contribution in [-0.2, 0) is 4.79 Å². The minimum absolute atomic E-state index is 0.0842. The van der Waals surface area contributed by atoms with E-state index >= 15 is 0 Å². The minimum Gasteiger partial charge on any atom is -0.384 e. The number of nitrogen functional groups attached to an aromatic ring is 1. The first-order valence-electron chi connectivity index (χ1n) is 7.48. The zero-order chi connectivity index (χ0) is 15.4. The number of amides is 1. The summed E-state index contributed by atoms with van der Waals surface area (Å²) in [5.41, 5.74) is 6.69. The van der Waals surface area contributed by atoms with Crippen LogP contribution >= 0.6 is 0 Å². The smallest absolute Gasteiger partial charge is 0.237 e. The molecule has 3 N–H and O–H groups in total. The Labute approximate surface area is 126 Å². The lowest BCUT2D eigenvalue weighted by Crippen LogP contribution is -2.54. The average Bonchev–Trinajstić information content (AvgIpc) is 2.47. The van der Waals surface area contributed by atoms with Crippen molar-refractivity contribution in [3.63, 3.8) is 0 Å². The van der Waals surface area contributed by atoms with Crippen LogP contribution in [0.3, 0.4) is 0 Å². The van der Waals surface area contributed by atoms with E-state index in [-0.39, 0.29) is 18.0 Å². The van der Waals surface area contributed by atoms with Crippen molar-refractivity contribution in [2.75, 3.05) is 36.8 Å². The lowest BCUT2D eigenvalue weighted by Gasteiger charge is -2.38. The summed E-state index contributed by atoms with van der Waals surface area (Å²) in [5.74, 6) is 0.643. The molecule has 0 bridgehead atoms. The number of pyridine rings is 1. The summed E-state index contributed by atoms with van der Waals surface area (Å²) < 4.78 is 0. The Hall–Kier alpha value is -1.82. The van der Waals surface area contributed by atoms with Crippen molar-refractivity contribution >= 4 is 17.4 Å². The van der Waals surface area contributed by atoms with Gasteiger partial charge in [0.2, 0.25) is 5.91 Å². The van der Waals surface area contributed by atoms with Gasteiger partial charge in [0.05, 0.1) is 17.9 Å². The first kappa shape index (κ1) is 15.6. The second-order valence-corrected chi connectivity index (χ2v) is 5.80. The molecule has 1 unspecified atom stereocenters. The number of nitrogens with zero attached hydrogens (tertiary/aromatic N) is 3. The largest absolute Gasteiger partial charge is 0.384 e. The van der Waals surface area contributed by atoms with Gasteiger partial charge >= 0.3 is 0 Å². The molecule has 1 fully saturated rings. The van der Waals surface area contributed by atoms with Gasteiger partial charge in [0.1, 0.15) is 5.82 Å². The molecule has 1 aliphatic heterocycles. The van der Waals surface area contributed by atoms with Gasteiger partial charge < -0.3 is 16.0 Å². The van der Waals surface area contributed by atoms with E-state index in [1.807, 2.05) is 32.9 Å². The van der Waals surface area contributed by atoms with Gasteiger partial charge in [-0.3, -0.25) is 9.69 Å². The Balaban J connectivity index is 1.88. The molecular weight excluding hydrogens is 266 g/mol. The molecule has 1 aromatic heterocycles. The average molecular weight is 291 g/mol. The summed E-state index contributed by atoms with van der Waals surface area (Å²) >= 11 is 0. The van der Waals surface area contributed by atoms with E-state index in [9.17, 15) is 4.79 Å². The molecule has 21 heavy (non-hydrogen) atoms. The topological polar surface area (TPSA) is 74.5 Å². The molecule has 2 heterocycles. The predicted octanol–water partition coefficient (Wildman–Crippen LogP) is 0.699. The van der Waals surface area contributed by atoms with Crippen molar-refractivity contribution in [1.29, 1.82) is 0 Å². The third-order valence-electron chi connectivity index (χ3n) is 3.81. The molecule has 1 amide bonds. The maximum atomic E-state index is 12.1. The van der Waals surface area contributed by atoms with Gasteiger partial charge in [0, 0.05) is 32.2 Å². The molecule has 1 saturated heterocycles. The van der Waals surface area contributed by atoms with Crippen LogP contribution in [0.25, 0.3) is 0 Å². The Morgan fingerprint density at radius 2 is 1.90 bits per heavy atom. The Morgan fingerprint density at radius 3 is 2.43 bits per heavy atom. The molecule has 0 radical (unpaired) electrons. The standard InChI is InChI=1S/C15H25N5O/c1-11(2)18-15(21)12(3)19-6-8-20(9-7-19)13-4-5-14(16)17-10-13/h4-5,10-12H,6-9H2,1-3H3,(H2,16,17)(H,18,21). The molecule has 1 atom stereocenters. The van der Waals surface area contributed by atoms with Gasteiger partial charge in [-0.15, -0.1) is 0 Å². The maximum Gasteiger partial charge on any atom is 0.237 e. The summed E-state index contributed by atoms with van der Waals surface area (Å²) in [6.45, 7) is 9.47. The number of hydrogen-bond donors (Lipinski definition) is 2. The van der Waals surface area contributed by atoms with Crippen LogP contribution in [0.5, 0.6) is 0 Å². The molecular formula is C15H25N5O. The number of aromatic nitrogens is 1. The second-order valence-electron chi connectivity index (χ2n) is 5.80. The van der Waals surface area contributed by atoms with Crippen molar-refractivity contribution in [3.05, 3.63) is 18.3 Å². The predicted molar refractivity (Wildman–Crippen MR) is 85.2 cm³/mol. The van der Waals surface area contributed by atoms with Crippen LogP contribution in [0.4, 0.5) is 11.5 Å². The highest BCUT2D eigenvalue weighted by atomic mass is 16.2. The van der Waals surface area contributed by atoms with Crippen molar-refractivity contribution in [2.45, 2.75) is 32.9 Å². The molecule has 116 valence electrons. The Kier molecular flexibility index (Phi) is 5.01. The SMILES string of the molecule is CC(C)NC(=O)C(C)N1CCN(c2ccc(N)nc2)CC1. The van der Waals surface area contributed by atoms with Crippen molar-refractivity contribution in [3.8, 4) is 0 Å². The summed E-state index contributed by atoms with van der Waals surface area (Å²) in [4.78, 5) is 20.7. The highest BCUT2D eigenvalue weighted by Crippen LogP contribution is 2.17. The van der Waals surface area contributed by atoms with Gasteiger partial charge in [-0.1, -0.05) is 0 Å². The van der Waals surface area contributed by atoms with Crippen molar-refractivity contribution in [1.82, 2.24) is 15.2 Å². The van der Waals surface area contributed by atoms with Crippen LogP contribution in [0.2, 0.25) is 0 Å². The number of rotatable bonds is 4. The number of piperazine rings is 1. The third-order valence-corrected chi connectivity index (χ3v) is 3.81. The van der Waals surface area contributed by atoms with Crippen molar-refractivity contribution in [2.24, 2.45) is 0 Å². The fraction of sp³-hybridized carbons (Fsp3) is 0.600. The maximum absolute atomic E-state index is 12.1. The van der Waals surface area contributed by atoms with E-state index in [0.29, 0.717) is 5.82 Å². The molecule has 6 nitrogen and oxygen atoms in total. The summed E-state index contributed by atoms with van der Waals surface area (Å²) in [6, 6.07) is 3.91. The monoisotopic (exact) mass is 291 g/mol. The minimum atomic E-state index is -0.0842. The lowest BCUT2D eigenvalue weighted by atomic mass is 10.2. The van der Waals surface area contributed by atoms with Crippen LogP contribution < -0.4 is 16.0 Å². The van der Waals surface area contributed by atoms with E-state index in [0.717, 1.165) is 31.9 Å². The molecule has 1 aromatic rings. The van der Waals surface area contributed by atoms with Crippen LogP contribution in [0.1, 0.15) is 20.8 Å². The van der Waals surface area contributed by atoms with E-state index in [1.54, 1.807) is 6.20 Å². The van der Waals surface area contributed by atoms with E-state index < -0.39 is 0 Å². The van der Waals surface area contributed by atoms with Crippen LogP contribution in [0, 0.1) is 0 Å². The second kappa shape index (κ2) is 6.76. The van der Waals surface area contributed by atoms with Gasteiger partial charge in [-0.2, -0.15) is 0 Å². The Morgan fingerprint density at radius 1 is 1.24 bits per heavy atom. The zero-order valence-corrected chi connectivity index (χ0v) is 13.0. The fourth-order valence-corrected chi connectivity index (χ4v) is 2.52. The number of carbonyl (C=O) groups is 1. The summed E-state index contributed by atoms with van der Waals surface area (Å²) in [6.07, 6.45) is 1.81. The number of nitrogens with two attached hydrogens (primary N) is 1. The number of anilines is 2. The van der Waals surface area contributed by atoms with Gasteiger partial charge in [-0.25, -0.2) is 4.98 Å². The summed E-state index contributed by atoms with van der Waals surface area (Å²) in [5, 5.41) is 2.97. The lowest BCUT2D eigenvalue weighted by molar-refractivity contribution is -0.126. The molecule has 0 aromatic carbocycles. The molecule has 0 spiro atoms. The Bertz CT molecular complexity index is 465. The normalized spacial score (nSPS) is 17.8. The van der Waals surface area contributed by atoms with Crippen LogP contribution in [0.15, 0.2) is 18.3 Å². The first-order chi connectivity index (χ1) is 9.97. The third kappa shape index (κ3) is 4.07. The molecule has 2 rings (SSSR count). The molecule has 0 aliphatic carbocycles. The molecule has 1 aliphatic rings. The van der Waals surface area contributed by atoms with E-state index in [2.05, 4.69) is 20.1 Å². The van der Waals surface area contributed by atoms with Gasteiger partial charge in [0.15, 0.2) is 0 Å². The van der Waals surface area contributed by atoms with Crippen LogP contribution in [-0.4, -0.2) is 54.1 Å². The molecule has 6 heteroatoms. The van der Waals surface area contributed by atoms with Crippen molar-refractivity contribution < 1.29 is 4.79 Å². The fourth-order valence-electron chi connectivity index (χ4n) is 2.52. The number of nitrogens with one attached hydrogen (secondary N) is 1. The number of hydrogen-bond acceptors (Lipinski definition) is 5. The van der Waals surface area contributed by atoms with E-state index in [4.69, 9.17) is 5.73 Å². The quantitative estimate of drug-likeness (QED) is 0.854. The zero-order valence-electron chi connectivity index (χ0n) is 13.0. The van der Waals surface area contributed by atoms with Gasteiger partial charge in [0.25, 0.3) is 0 Å². The molecule has 0 saturated carbocycles. The highest BCUT2D eigenvalue weighted by molar-refractivity contribution is 5.81. The van der Waals surface area contributed by atoms with Gasteiger partial charge in [-0.05, 0) is 32.9 Å². The first-order valence-corrected chi connectivity index (χ1v) is 7.48. The number of carbonyl (C=O) groups excluding carboxylic acids is 1.